The Morgan fingerprint density at radius 3 is 2.95 bits per heavy atom. The number of carbonyl (C=O) groups is 1. The summed E-state index contributed by atoms with van der Waals surface area (Å²) in [5.74, 6) is 0.599. The quantitative estimate of drug-likeness (QED) is 0.841. The molecule has 1 aromatic rings. The van der Waals surface area contributed by atoms with Crippen LogP contribution in [0.3, 0.4) is 0 Å². The van der Waals surface area contributed by atoms with Crippen LogP contribution in [0.5, 0.6) is 5.75 Å². The van der Waals surface area contributed by atoms with Crippen LogP contribution in [0.15, 0.2) is 22.7 Å². The van der Waals surface area contributed by atoms with E-state index in [9.17, 15) is 4.79 Å². The molecule has 1 aromatic carbocycles. The van der Waals surface area contributed by atoms with Crippen molar-refractivity contribution in [1.29, 1.82) is 5.26 Å². The molecule has 5 heteroatoms. The van der Waals surface area contributed by atoms with Crippen molar-refractivity contribution in [3.05, 3.63) is 28.2 Å². The van der Waals surface area contributed by atoms with Gasteiger partial charge >= 0.3 is 0 Å². The van der Waals surface area contributed by atoms with Crippen molar-refractivity contribution in [2.45, 2.75) is 25.3 Å². The van der Waals surface area contributed by atoms with E-state index in [0.29, 0.717) is 17.9 Å². The minimum Gasteiger partial charge on any atom is -0.496 e. The summed E-state index contributed by atoms with van der Waals surface area (Å²) in [6.45, 7) is 0.653. The third-order valence-electron chi connectivity index (χ3n) is 3.31. The molecule has 1 aliphatic rings. The maximum absolute atomic E-state index is 12.4. The Balaban J connectivity index is 2.23. The summed E-state index contributed by atoms with van der Waals surface area (Å²) in [7, 11) is 1.58. The summed E-state index contributed by atoms with van der Waals surface area (Å²) in [6.07, 6.45) is 2.73. The minimum absolute atomic E-state index is 0.0883. The van der Waals surface area contributed by atoms with Crippen molar-refractivity contribution < 1.29 is 9.53 Å². The van der Waals surface area contributed by atoms with E-state index in [2.05, 4.69) is 22.0 Å². The van der Waals surface area contributed by atoms with Gasteiger partial charge in [0.05, 0.1) is 17.7 Å². The maximum Gasteiger partial charge on any atom is 0.254 e. The minimum atomic E-state index is -0.304. The summed E-state index contributed by atoms with van der Waals surface area (Å²) in [6, 6.07) is 7.13. The third-order valence-corrected chi connectivity index (χ3v) is 3.93. The average Bonchev–Trinajstić information content (AvgIpc) is 2.46. The van der Waals surface area contributed by atoms with Gasteiger partial charge in [0.1, 0.15) is 11.8 Å². The Bertz CT molecular complexity index is 525. The smallest absolute Gasteiger partial charge is 0.254 e. The lowest BCUT2D eigenvalue weighted by atomic mass is 10.0. The van der Waals surface area contributed by atoms with Crippen LogP contribution >= 0.6 is 15.9 Å². The van der Waals surface area contributed by atoms with Gasteiger partial charge in [-0.3, -0.25) is 4.79 Å². The van der Waals surface area contributed by atoms with Gasteiger partial charge in [-0.2, -0.15) is 5.26 Å². The second-order valence-corrected chi connectivity index (χ2v) is 5.34. The molecule has 0 N–H and O–H groups in total. The molecule has 2 rings (SSSR count). The Morgan fingerprint density at radius 2 is 2.32 bits per heavy atom. The molecule has 100 valence electrons. The summed E-state index contributed by atoms with van der Waals surface area (Å²) in [5.41, 5.74) is 0.579. The molecule has 4 nitrogen and oxygen atoms in total. The van der Waals surface area contributed by atoms with Crippen LogP contribution in [-0.2, 0) is 0 Å². The number of ether oxygens (including phenoxy) is 1. The topological polar surface area (TPSA) is 53.3 Å². The van der Waals surface area contributed by atoms with Crippen LogP contribution < -0.4 is 4.74 Å². The highest BCUT2D eigenvalue weighted by Gasteiger charge is 2.27. The highest BCUT2D eigenvalue weighted by molar-refractivity contribution is 9.10. The third kappa shape index (κ3) is 2.90. The number of benzene rings is 1. The fourth-order valence-electron chi connectivity index (χ4n) is 2.27. The Kier molecular flexibility index (Phi) is 4.43. The summed E-state index contributed by atoms with van der Waals surface area (Å²) in [5, 5.41) is 9.12. The molecule has 0 spiro atoms. The number of rotatable bonds is 2. The van der Waals surface area contributed by atoms with Crippen LogP contribution in [0, 0.1) is 11.3 Å². The SMILES string of the molecule is COc1ccc(C(=O)N2CCCCC2C#N)cc1Br. The Morgan fingerprint density at radius 1 is 1.53 bits per heavy atom. The molecular formula is C14H15BrN2O2. The lowest BCUT2D eigenvalue weighted by molar-refractivity contribution is 0.0670. The van der Waals surface area contributed by atoms with Crippen LogP contribution in [0.2, 0.25) is 0 Å². The van der Waals surface area contributed by atoms with E-state index in [1.54, 1.807) is 30.2 Å². The normalized spacial score (nSPS) is 18.8. The van der Waals surface area contributed by atoms with Gasteiger partial charge in [-0.15, -0.1) is 0 Å². The van der Waals surface area contributed by atoms with Crippen molar-refractivity contribution in [1.82, 2.24) is 4.90 Å². The number of amides is 1. The zero-order chi connectivity index (χ0) is 13.8. The molecule has 1 aliphatic heterocycles. The van der Waals surface area contributed by atoms with Crippen molar-refractivity contribution in [2.24, 2.45) is 0 Å². The van der Waals surface area contributed by atoms with Crippen molar-refractivity contribution in [2.75, 3.05) is 13.7 Å². The zero-order valence-corrected chi connectivity index (χ0v) is 12.3. The summed E-state index contributed by atoms with van der Waals surface area (Å²) in [4.78, 5) is 14.1. The predicted octanol–water partition coefficient (Wildman–Crippen LogP) is 2.98. The van der Waals surface area contributed by atoms with E-state index in [1.807, 2.05) is 0 Å². The monoisotopic (exact) mass is 322 g/mol. The van der Waals surface area contributed by atoms with Gasteiger partial charge in [0.25, 0.3) is 5.91 Å². The molecule has 0 aromatic heterocycles. The molecule has 1 fully saturated rings. The number of carbonyl (C=O) groups excluding carboxylic acids is 1. The summed E-state index contributed by atoms with van der Waals surface area (Å²) >= 11 is 3.37. The Labute approximate surface area is 121 Å². The van der Waals surface area contributed by atoms with Crippen molar-refractivity contribution in [3.63, 3.8) is 0 Å². The molecule has 1 heterocycles. The number of hydrogen-bond acceptors (Lipinski definition) is 3. The molecule has 19 heavy (non-hydrogen) atoms. The van der Waals surface area contributed by atoms with Gasteiger partial charge in [0.15, 0.2) is 0 Å². The van der Waals surface area contributed by atoms with Gasteiger partial charge in [0, 0.05) is 12.1 Å². The Hall–Kier alpha value is -1.54. The standard InChI is InChI=1S/C14H15BrN2O2/c1-19-13-6-5-10(8-12(13)15)14(18)17-7-3-2-4-11(17)9-16/h5-6,8,11H,2-4,7H2,1H3. The number of halogens is 1. The van der Waals surface area contributed by atoms with Crippen LogP contribution in [0.25, 0.3) is 0 Å². The lowest BCUT2D eigenvalue weighted by Gasteiger charge is -2.31. The molecule has 0 aliphatic carbocycles. The largest absolute Gasteiger partial charge is 0.496 e. The van der Waals surface area contributed by atoms with E-state index in [0.717, 1.165) is 23.7 Å². The fraction of sp³-hybridized carbons (Fsp3) is 0.429. The van der Waals surface area contributed by atoms with Crippen molar-refractivity contribution in [3.8, 4) is 11.8 Å². The molecule has 1 unspecified atom stereocenters. The first-order chi connectivity index (χ1) is 9.17. The molecule has 1 atom stereocenters. The molecule has 0 saturated carbocycles. The lowest BCUT2D eigenvalue weighted by Crippen LogP contribution is -2.42. The summed E-state index contributed by atoms with van der Waals surface area (Å²) < 4.78 is 5.89. The number of likely N-dealkylation sites (tertiary alicyclic amines) is 1. The van der Waals surface area contributed by atoms with Crippen LogP contribution in [0.4, 0.5) is 0 Å². The highest BCUT2D eigenvalue weighted by atomic mass is 79.9. The predicted molar refractivity (Wildman–Crippen MR) is 75.0 cm³/mol. The fourth-order valence-corrected chi connectivity index (χ4v) is 2.81. The highest BCUT2D eigenvalue weighted by Crippen LogP contribution is 2.27. The van der Waals surface area contributed by atoms with Gasteiger partial charge < -0.3 is 9.64 Å². The molecule has 0 radical (unpaired) electrons. The maximum atomic E-state index is 12.4. The molecule has 0 bridgehead atoms. The second-order valence-electron chi connectivity index (χ2n) is 4.49. The average molecular weight is 323 g/mol. The number of methoxy groups -OCH3 is 1. The van der Waals surface area contributed by atoms with E-state index in [4.69, 9.17) is 10.00 Å². The number of nitriles is 1. The number of piperidine rings is 1. The van der Waals surface area contributed by atoms with E-state index < -0.39 is 0 Å². The van der Waals surface area contributed by atoms with Crippen LogP contribution in [-0.4, -0.2) is 30.5 Å². The zero-order valence-electron chi connectivity index (χ0n) is 10.7. The second kappa shape index (κ2) is 6.07. The van der Waals surface area contributed by atoms with Gasteiger partial charge in [-0.05, 0) is 53.4 Å². The first-order valence-corrected chi connectivity index (χ1v) is 7.01. The van der Waals surface area contributed by atoms with Gasteiger partial charge in [0.2, 0.25) is 0 Å². The molecular weight excluding hydrogens is 308 g/mol. The molecule has 1 amide bonds. The van der Waals surface area contributed by atoms with Crippen molar-refractivity contribution >= 4 is 21.8 Å². The molecule has 1 saturated heterocycles. The first kappa shape index (κ1) is 13.9. The van der Waals surface area contributed by atoms with E-state index in [1.165, 1.54) is 0 Å². The van der Waals surface area contributed by atoms with Crippen LogP contribution in [0.1, 0.15) is 29.6 Å². The van der Waals surface area contributed by atoms with E-state index in [-0.39, 0.29) is 11.9 Å². The first-order valence-electron chi connectivity index (χ1n) is 6.21. The van der Waals surface area contributed by atoms with E-state index >= 15 is 0 Å². The van der Waals surface area contributed by atoms with Gasteiger partial charge in [-0.1, -0.05) is 0 Å². The number of hydrogen-bond donors (Lipinski definition) is 0. The number of nitrogens with zero attached hydrogens (tertiary/aromatic N) is 2. The van der Waals surface area contributed by atoms with Gasteiger partial charge in [-0.25, -0.2) is 0 Å².